The van der Waals surface area contributed by atoms with E-state index < -0.39 is 5.97 Å². The number of aliphatic carboxylic acids is 1. The lowest BCUT2D eigenvalue weighted by Crippen LogP contribution is -2.00. The summed E-state index contributed by atoms with van der Waals surface area (Å²) in [5.74, 6) is -1.37. The van der Waals surface area contributed by atoms with Crippen LogP contribution in [0.4, 0.5) is 0 Å². The van der Waals surface area contributed by atoms with Gasteiger partial charge in [0.1, 0.15) is 12.2 Å². The van der Waals surface area contributed by atoms with Crippen molar-refractivity contribution >= 4 is 11.8 Å². The number of ketones is 1. The fourth-order valence-electron chi connectivity index (χ4n) is 0.213. The van der Waals surface area contributed by atoms with Crippen molar-refractivity contribution in [3.63, 3.8) is 0 Å². The first-order valence-electron chi connectivity index (χ1n) is 3.34. The minimum atomic E-state index is -1.06. The zero-order chi connectivity index (χ0) is 11.9. The van der Waals surface area contributed by atoms with Gasteiger partial charge in [-0.05, 0) is 6.92 Å². The minimum absolute atomic E-state index is 0.312. The molecular weight excluding hydrogens is 168 g/mol. The molecule has 0 saturated carbocycles. The van der Waals surface area contributed by atoms with Gasteiger partial charge in [0.15, 0.2) is 0 Å². The second kappa shape index (κ2) is 31.6. The van der Waals surface area contributed by atoms with Crippen LogP contribution in [0.15, 0.2) is 39.5 Å². The van der Waals surface area contributed by atoms with Gasteiger partial charge in [-0.25, -0.2) is 0 Å². The zero-order valence-electron chi connectivity index (χ0n) is 8.21. The minimum Gasteiger partial charge on any atom is -0.481 e. The first-order chi connectivity index (χ1) is 6.13. The van der Waals surface area contributed by atoms with Gasteiger partial charge in [-0.15, -0.1) is 39.5 Å². The summed E-state index contributed by atoms with van der Waals surface area (Å²) in [5.41, 5.74) is 0. The lowest BCUT2D eigenvalue weighted by Gasteiger charge is -1.80. The number of carbonyl (C=O) groups is 2. The van der Waals surface area contributed by atoms with Gasteiger partial charge in [-0.1, -0.05) is 0 Å². The molecule has 0 aliphatic rings. The largest absolute Gasteiger partial charge is 0.481 e. The number of carbonyl (C=O) groups excluding carboxylic acids is 1. The van der Waals surface area contributed by atoms with Crippen LogP contribution < -0.4 is 0 Å². The molecule has 0 rings (SSSR count). The molecule has 0 aliphatic heterocycles. The molecule has 0 atom stereocenters. The summed E-state index contributed by atoms with van der Waals surface area (Å²) in [6.07, 6.45) is -0.361. The Kier molecular flexibility index (Phi) is 54.7. The van der Waals surface area contributed by atoms with Crippen molar-refractivity contribution in [2.24, 2.45) is 0 Å². The van der Waals surface area contributed by atoms with Crippen LogP contribution in [0, 0.1) is 0 Å². The zero-order valence-corrected chi connectivity index (χ0v) is 8.21. The van der Waals surface area contributed by atoms with Crippen molar-refractivity contribution < 1.29 is 14.7 Å². The summed E-state index contributed by atoms with van der Waals surface area (Å²) < 4.78 is 0. The van der Waals surface area contributed by atoms with Crippen LogP contribution in [0.5, 0.6) is 0 Å². The Morgan fingerprint density at radius 1 is 1.00 bits per heavy atom. The Morgan fingerprint density at radius 2 is 1.23 bits per heavy atom. The van der Waals surface area contributed by atoms with Crippen LogP contribution in [0.1, 0.15) is 13.3 Å². The second-order valence-electron chi connectivity index (χ2n) is 1.27. The van der Waals surface area contributed by atoms with Crippen LogP contribution >= 0.6 is 0 Å². The molecule has 0 aromatic rings. The Morgan fingerprint density at radius 3 is 1.23 bits per heavy atom. The van der Waals surface area contributed by atoms with Gasteiger partial charge < -0.3 is 5.11 Å². The highest BCUT2D eigenvalue weighted by atomic mass is 16.4. The molecule has 3 heteroatoms. The maximum Gasteiger partial charge on any atom is 0.310 e. The Balaban J connectivity index is -0.0000000573. The van der Waals surface area contributed by atoms with Gasteiger partial charge >= 0.3 is 5.97 Å². The molecule has 76 valence electrons. The Labute approximate surface area is 80.1 Å². The normalized spacial score (nSPS) is 5.31. The van der Waals surface area contributed by atoms with E-state index in [0.29, 0.717) is 0 Å². The molecule has 0 amide bonds. The van der Waals surface area contributed by atoms with E-state index in [1.807, 2.05) is 0 Å². The fourth-order valence-corrected chi connectivity index (χ4v) is 0.213. The molecule has 0 aliphatic carbocycles. The standard InChI is InChI=1S/C4H6O3.3C2H4/c1-3(5)2-4(6)7;3*1-2/h2H2,1H3,(H,6,7);3*1-2H2. The van der Waals surface area contributed by atoms with E-state index in [9.17, 15) is 9.59 Å². The molecule has 0 fully saturated rings. The molecule has 0 unspecified atom stereocenters. The first-order valence-corrected chi connectivity index (χ1v) is 3.34. The molecule has 0 heterocycles. The SMILES string of the molecule is C=C.C=C.C=C.CC(=O)CC(=O)O. The van der Waals surface area contributed by atoms with Crippen molar-refractivity contribution in [2.45, 2.75) is 13.3 Å². The highest BCUT2D eigenvalue weighted by Gasteiger charge is 1.98. The molecule has 0 spiro atoms. The Bertz CT molecular complexity index is 113. The van der Waals surface area contributed by atoms with Gasteiger partial charge in [-0.3, -0.25) is 9.59 Å². The molecular formula is C10H18O3. The summed E-state index contributed by atoms with van der Waals surface area (Å²) in [4.78, 5) is 19.5. The van der Waals surface area contributed by atoms with E-state index in [1.165, 1.54) is 6.92 Å². The van der Waals surface area contributed by atoms with Crippen LogP contribution in [0.2, 0.25) is 0 Å². The summed E-state index contributed by atoms with van der Waals surface area (Å²) >= 11 is 0. The number of Topliss-reactive ketones (excluding diaryl/α,β-unsaturated/α-hetero) is 1. The average molecular weight is 186 g/mol. The third-order valence-electron chi connectivity index (χ3n) is 0.400. The predicted octanol–water partition coefficient (Wildman–Crippen LogP) is 2.46. The van der Waals surface area contributed by atoms with Crippen molar-refractivity contribution in [1.82, 2.24) is 0 Å². The van der Waals surface area contributed by atoms with Crippen molar-refractivity contribution in [1.29, 1.82) is 0 Å². The number of hydrogen-bond acceptors (Lipinski definition) is 2. The molecule has 0 saturated heterocycles. The van der Waals surface area contributed by atoms with Gasteiger partial charge in [0.2, 0.25) is 0 Å². The maximum absolute atomic E-state index is 9.87. The third kappa shape index (κ3) is 130. The monoisotopic (exact) mass is 186 g/mol. The molecule has 3 nitrogen and oxygen atoms in total. The van der Waals surface area contributed by atoms with Gasteiger partial charge in [0.05, 0.1) is 0 Å². The molecule has 0 aromatic heterocycles. The van der Waals surface area contributed by atoms with E-state index in [2.05, 4.69) is 39.5 Å². The van der Waals surface area contributed by atoms with Crippen molar-refractivity contribution in [3.05, 3.63) is 39.5 Å². The molecule has 0 bridgehead atoms. The highest BCUT2D eigenvalue weighted by Crippen LogP contribution is 1.77. The summed E-state index contributed by atoms with van der Waals surface area (Å²) in [7, 11) is 0. The lowest BCUT2D eigenvalue weighted by molar-refractivity contribution is -0.139. The Hall–Kier alpha value is -1.64. The number of carboxylic acid groups (broad SMARTS) is 1. The maximum atomic E-state index is 9.87. The number of carboxylic acids is 1. The third-order valence-corrected chi connectivity index (χ3v) is 0.400. The summed E-state index contributed by atoms with van der Waals surface area (Å²) in [5, 5.41) is 7.86. The van der Waals surface area contributed by atoms with Gasteiger partial charge in [0.25, 0.3) is 0 Å². The van der Waals surface area contributed by atoms with Crippen LogP contribution in [0.3, 0.4) is 0 Å². The predicted molar refractivity (Wildman–Crippen MR) is 56.7 cm³/mol. The summed E-state index contributed by atoms with van der Waals surface area (Å²) in [6, 6.07) is 0. The topological polar surface area (TPSA) is 54.4 Å². The smallest absolute Gasteiger partial charge is 0.310 e. The van der Waals surface area contributed by atoms with Crippen LogP contribution in [-0.4, -0.2) is 16.9 Å². The molecule has 13 heavy (non-hydrogen) atoms. The summed E-state index contributed by atoms with van der Waals surface area (Å²) in [6.45, 7) is 19.2. The van der Waals surface area contributed by atoms with Crippen molar-refractivity contribution in [3.8, 4) is 0 Å². The average Bonchev–Trinajstić information content (AvgIpc) is 2.12. The van der Waals surface area contributed by atoms with E-state index in [-0.39, 0.29) is 12.2 Å². The van der Waals surface area contributed by atoms with Gasteiger partial charge in [-0.2, -0.15) is 0 Å². The van der Waals surface area contributed by atoms with E-state index in [4.69, 9.17) is 5.11 Å². The van der Waals surface area contributed by atoms with E-state index in [0.717, 1.165) is 0 Å². The lowest BCUT2D eigenvalue weighted by atomic mass is 10.3. The number of rotatable bonds is 2. The second-order valence-corrected chi connectivity index (χ2v) is 1.27. The highest BCUT2D eigenvalue weighted by molar-refractivity contribution is 5.93. The van der Waals surface area contributed by atoms with Crippen molar-refractivity contribution in [2.75, 3.05) is 0 Å². The quantitative estimate of drug-likeness (QED) is 0.532. The van der Waals surface area contributed by atoms with Crippen LogP contribution in [0.25, 0.3) is 0 Å². The fraction of sp³-hybridized carbons (Fsp3) is 0.200. The first kappa shape index (κ1) is 22.5. The molecule has 1 N–H and O–H groups in total. The van der Waals surface area contributed by atoms with E-state index >= 15 is 0 Å². The van der Waals surface area contributed by atoms with Gasteiger partial charge in [0, 0.05) is 0 Å². The van der Waals surface area contributed by atoms with Crippen LogP contribution in [-0.2, 0) is 9.59 Å². The molecule has 0 aromatic carbocycles. The van der Waals surface area contributed by atoms with E-state index in [1.54, 1.807) is 0 Å². The molecule has 0 radical (unpaired) electrons. The number of hydrogen-bond donors (Lipinski definition) is 1.